The quantitative estimate of drug-likeness (QED) is 0.585. The third-order valence-corrected chi connectivity index (χ3v) is 5.87. The molecule has 29 heavy (non-hydrogen) atoms. The van der Waals surface area contributed by atoms with Gasteiger partial charge in [-0.05, 0) is 12.0 Å². The number of piperazine rings is 1. The highest BCUT2D eigenvalue weighted by Crippen LogP contribution is 2.41. The Morgan fingerprint density at radius 3 is 2.24 bits per heavy atom. The highest BCUT2D eigenvalue weighted by atomic mass is 16.1. The molecule has 1 saturated heterocycles. The van der Waals surface area contributed by atoms with Gasteiger partial charge in [0.1, 0.15) is 0 Å². The first-order chi connectivity index (χ1) is 13.9. The minimum Gasteiger partial charge on any atom is -0.396 e. The minimum absolute atomic E-state index is 0.137. The third-order valence-electron chi connectivity index (χ3n) is 5.87. The average molecular weight is 394 g/mol. The molecule has 152 valence electrons. The normalized spacial score (nSPS) is 16.8. The van der Waals surface area contributed by atoms with Gasteiger partial charge in [0.05, 0.1) is 55.7 Å². The summed E-state index contributed by atoms with van der Waals surface area (Å²) in [6.07, 6.45) is 0. The third kappa shape index (κ3) is 3.38. The summed E-state index contributed by atoms with van der Waals surface area (Å²) < 4.78 is 0. The number of nitrogens with zero attached hydrogens (tertiary/aromatic N) is 1. The van der Waals surface area contributed by atoms with Crippen molar-refractivity contribution in [3.05, 3.63) is 52.6 Å². The van der Waals surface area contributed by atoms with E-state index in [1.54, 1.807) is 24.3 Å². The number of likely N-dealkylation sites (N-methyl/N-ethyl adjacent to an activating group) is 1. The molecule has 0 radical (unpaired) electrons. The summed E-state index contributed by atoms with van der Waals surface area (Å²) in [4.78, 5) is 30.4. The number of anilines is 3. The summed E-state index contributed by atoms with van der Waals surface area (Å²) in [6.45, 7) is 8.72. The monoisotopic (exact) mass is 393 g/mol. The van der Waals surface area contributed by atoms with Gasteiger partial charge in [-0.15, -0.1) is 0 Å². The second-order valence-corrected chi connectivity index (χ2v) is 8.53. The van der Waals surface area contributed by atoms with Gasteiger partial charge in [-0.3, -0.25) is 9.59 Å². The molecule has 1 aliphatic heterocycles. The van der Waals surface area contributed by atoms with E-state index < -0.39 is 0 Å². The predicted octanol–water partition coefficient (Wildman–Crippen LogP) is 1.45. The van der Waals surface area contributed by atoms with Crippen LogP contribution >= 0.6 is 0 Å². The van der Waals surface area contributed by atoms with E-state index in [0.717, 1.165) is 31.9 Å². The van der Waals surface area contributed by atoms with Crippen LogP contribution in [0.15, 0.2) is 30.3 Å². The van der Waals surface area contributed by atoms with Crippen LogP contribution in [0.2, 0.25) is 0 Å². The van der Waals surface area contributed by atoms with Crippen molar-refractivity contribution < 1.29 is 14.5 Å². The summed E-state index contributed by atoms with van der Waals surface area (Å²) >= 11 is 0. The summed E-state index contributed by atoms with van der Waals surface area (Å²) in [5, 5.41) is 3.41. The van der Waals surface area contributed by atoms with E-state index in [4.69, 9.17) is 5.73 Å². The van der Waals surface area contributed by atoms with Gasteiger partial charge in [0.25, 0.3) is 0 Å². The fourth-order valence-corrected chi connectivity index (χ4v) is 4.15. The second kappa shape index (κ2) is 7.52. The van der Waals surface area contributed by atoms with E-state index in [1.165, 1.54) is 4.90 Å². The molecule has 1 fully saturated rings. The maximum Gasteiger partial charge on any atom is 0.196 e. The minimum atomic E-state index is -0.165. The number of carbonyl (C=O) groups is 2. The SMILES string of the molecule is CC(C)CNc1cc(N2CC[NH+](C)CC2)c(N)c2c1C(=O)c1ccccc1C2=O. The number of nitrogen functional groups attached to an aromatic ring is 1. The van der Waals surface area contributed by atoms with E-state index in [2.05, 4.69) is 31.1 Å². The number of rotatable bonds is 4. The fraction of sp³-hybridized carbons (Fsp3) is 0.391. The summed E-state index contributed by atoms with van der Waals surface area (Å²) in [5.74, 6) is 0.102. The van der Waals surface area contributed by atoms with Crippen molar-refractivity contribution in [3.8, 4) is 0 Å². The molecule has 0 unspecified atom stereocenters. The van der Waals surface area contributed by atoms with Gasteiger partial charge in [0, 0.05) is 23.4 Å². The molecule has 4 N–H and O–H groups in total. The lowest BCUT2D eigenvalue weighted by Gasteiger charge is -2.34. The Morgan fingerprint density at radius 2 is 1.66 bits per heavy atom. The highest BCUT2D eigenvalue weighted by Gasteiger charge is 2.35. The number of nitrogens with two attached hydrogens (primary N) is 1. The van der Waals surface area contributed by atoms with Crippen LogP contribution in [-0.2, 0) is 0 Å². The molecule has 6 nitrogen and oxygen atoms in total. The number of nitrogens with one attached hydrogen (secondary N) is 2. The number of hydrogen-bond acceptors (Lipinski definition) is 5. The Morgan fingerprint density at radius 1 is 1.07 bits per heavy atom. The zero-order chi connectivity index (χ0) is 20.7. The standard InChI is InChI=1S/C23H28N4O2/c1-14(2)13-25-17-12-18(27-10-8-26(3)9-11-27)21(24)20-19(17)22(28)15-6-4-5-7-16(15)23(20)29/h4-7,12,14,25H,8-11,13,24H2,1-3H3/p+1. The van der Waals surface area contributed by atoms with Crippen molar-refractivity contribution in [2.75, 3.05) is 55.7 Å². The van der Waals surface area contributed by atoms with E-state index in [-0.39, 0.29) is 11.6 Å². The lowest BCUT2D eigenvalue weighted by atomic mass is 9.81. The molecule has 0 saturated carbocycles. The summed E-state index contributed by atoms with van der Waals surface area (Å²) in [6, 6.07) is 8.98. The number of ketones is 2. The zero-order valence-electron chi connectivity index (χ0n) is 17.3. The van der Waals surface area contributed by atoms with Gasteiger partial charge in [-0.1, -0.05) is 38.1 Å². The van der Waals surface area contributed by atoms with Crippen molar-refractivity contribution in [1.29, 1.82) is 0 Å². The number of fused-ring (bicyclic) bond motifs is 2. The first-order valence-electron chi connectivity index (χ1n) is 10.3. The molecular weight excluding hydrogens is 364 g/mol. The molecule has 0 aromatic heterocycles. The summed E-state index contributed by atoms with van der Waals surface area (Å²) in [7, 11) is 2.18. The van der Waals surface area contributed by atoms with Crippen LogP contribution in [0.1, 0.15) is 45.7 Å². The van der Waals surface area contributed by atoms with Crippen molar-refractivity contribution in [1.82, 2.24) is 0 Å². The van der Waals surface area contributed by atoms with Crippen LogP contribution in [0, 0.1) is 5.92 Å². The van der Waals surface area contributed by atoms with E-state index in [0.29, 0.717) is 46.1 Å². The Bertz CT molecular complexity index is 975. The number of carbonyl (C=O) groups excluding carboxylic acids is 2. The molecule has 0 bridgehead atoms. The van der Waals surface area contributed by atoms with Crippen LogP contribution < -0.4 is 20.9 Å². The maximum absolute atomic E-state index is 13.4. The molecule has 1 aliphatic carbocycles. The van der Waals surface area contributed by atoms with Gasteiger partial charge >= 0.3 is 0 Å². The van der Waals surface area contributed by atoms with Gasteiger partial charge < -0.3 is 20.9 Å². The van der Waals surface area contributed by atoms with Crippen LogP contribution in [0.5, 0.6) is 0 Å². The van der Waals surface area contributed by atoms with E-state index in [9.17, 15) is 9.59 Å². The summed E-state index contributed by atoms with van der Waals surface area (Å²) in [5.41, 5.74) is 10.2. The number of hydrogen-bond donors (Lipinski definition) is 3. The van der Waals surface area contributed by atoms with Crippen molar-refractivity contribution in [2.24, 2.45) is 5.92 Å². The Labute approximate surface area is 171 Å². The highest BCUT2D eigenvalue weighted by molar-refractivity contribution is 6.32. The Balaban J connectivity index is 1.88. The van der Waals surface area contributed by atoms with E-state index in [1.807, 2.05) is 6.07 Å². The van der Waals surface area contributed by atoms with Gasteiger partial charge in [-0.2, -0.15) is 0 Å². The smallest absolute Gasteiger partial charge is 0.196 e. The largest absolute Gasteiger partial charge is 0.396 e. The second-order valence-electron chi connectivity index (χ2n) is 8.53. The molecule has 2 aliphatic rings. The van der Waals surface area contributed by atoms with Crippen LogP contribution in [-0.4, -0.2) is 51.3 Å². The molecule has 0 amide bonds. The molecule has 6 heteroatoms. The first kappa shape index (κ1) is 19.5. The van der Waals surface area contributed by atoms with Crippen molar-refractivity contribution in [3.63, 3.8) is 0 Å². The maximum atomic E-state index is 13.4. The Kier molecular flexibility index (Phi) is 5.04. The lowest BCUT2D eigenvalue weighted by molar-refractivity contribution is -0.880. The van der Waals surface area contributed by atoms with Gasteiger partial charge in [0.15, 0.2) is 11.6 Å². The topological polar surface area (TPSA) is 79.9 Å². The Hall–Kier alpha value is -2.86. The predicted molar refractivity (Wildman–Crippen MR) is 116 cm³/mol. The number of quaternary nitrogens is 1. The zero-order valence-corrected chi connectivity index (χ0v) is 17.3. The lowest BCUT2D eigenvalue weighted by Crippen LogP contribution is -3.12. The van der Waals surface area contributed by atoms with Gasteiger partial charge in [0.2, 0.25) is 0 Å². The molecule has 0 atom stereocenters. The molecule has 1 heterocycles. The van der Waals surface area contributed by atoms with Crippen LogP contribution in [0.3, 0.4) is 0 Å². The van der Waals surface area contributed by atoms with Crippen molar-refractivity contribution in [2.45, 2.75) is 13.8 Å². The van der Waals surface area contributed by atoms with E-state index >= 15 is 0 Å². The molecule has 4 rings (SSSR count). The first-order valence-corrected chi connectivity index (χ1v) is 10.3. The average Bonchev–Trinajstić information content (AvgIpc) is 2.71. The fourth-order valence-electron chi connectivity index (χ4n) is 4.15. The molecule has 2 aromatic carbocycles. The van der Waals surface area contributed by atoms with Gasteiger partial charge in [-0.25, -0.2) is 0 Å². The molecular formula is C23H29N4O2+. The molecule has 2 aromatic rings. The van der Waals surface area contributed by atoms with Crippen LogP contribution in [0.25, 0.3) is 0 Å². The van der Waals surface area contributed by atoms with Crippen LogP contribution in [0.4, 0.5) is 17.1 Å². The van der Waals surface area contributed by atoms with Crippen molar-refractivity contribution >= 4 is 28.6 Å². The molecule has 0 spiro atoms. The number of benzene rings is 2.